The lowest BCUT2D eigenvalue weighted by Gasteiger charge is -2.43. The van der Waals surface area contributed by atoms with Gasteiger partial charge in [-0.05, 0) is 72.6 Å². The molecule has 0 bridgehead atoms. The maximum atomic E-state index is 14.0. The van der Waals surface area contributed by atoms with Gasteiger partial charge in [-0.2, -0.15) is 12.6 Å². The number of alkyl carbamates (subject to hydrolysis) is 1. The SMILES string of the molecule is Cc1cccc(C)c1NC(=O)C(c1ccccc1O)N(C(=O)C(CS)NC(=O)OC(C)(C)C)C(C)(C)C. The lowest BCUT2D eigenvalue weighted by atomic mass is 9.94. The first-order valence-electron chi connectivity index (χ1n) is 12.2. The molecule has 0 radical (unpaired) electrons. The van der Waals surface area contributed by atoms with E-state index in [-0.39, 0.29) is 17.1 Å². The largest absolute Gasteiger partial charge is 0.508 e. The van der Waals surface area contributed by atoms with Crippen LogP contribution in [-0.4, -0.2) is 50.8 Å². The molecule has 3 N–H and O–H groups in total. The molecule has 2 rings (SSSR count). The maximum Gasteiger partial charge on any atom is 0.408 e. The molecule has 0 aliphatic rings. The normalized spacial score (nSPS) is 13.3. The number of aromatic hydroxyl groups is 1. The Hall–Kier alpha value is -3.20. The van der Waals surface area contributed by atoms with E-state index in [0.29, 0.717) is 5.69 Å². The molecule has 3 amide bonds. The van der Waals surface area contributed by atoms with E-state index in [4.69, 9.17) is 4.74 Å². The van der Waals surface area contributed by atoms with E-state index in [1.165, 1.54) is 11.0 Å². The Balaban J connectivity index is 2.59. The van der Waals surface area contributed by atoms with Gasteiger partial charge < -0.3 is 25.4 Å². The molecule has 0 heterocycles. The molecule has 2 unspecified atom stereocenters. The summed E-state index contributed by atoms with van der Waals surface area (Å²) in [6, 6.07) is 9.76. The molecule has 0 saturated heterocycles. The van der Waals surface area contributed by atoms with Gasteiger partial charge in [0.25, 0.3) is 5.91 Å². The third-order valence-electron chi connectivity index (χ3n) is 5.60. The van der Waals surface area contributed by atoms with E-state index in [1.807, 2.05) is 32.0 Å². The molecule has 2 aromatic carbocycles. The number of nitrogens with one attached hydrogen (secondary N) is 2. The summed E-state index contributed by atoms with van der Waals surface area (Å²) in [5, 5.41) is 16.3. The first kappa shape index (κ1) is 30.0. The topological polar surface area (TPSA) is 108 Å². The molecule has 0 aliphatic heterocycles. The zero-order valence-corrected chi connectivity index (χ0v) is 23.8. The minimum atomic E-state index is -1.21. The number of phenols is 1. The molecule has 0 aliphatic carbocycles. The van der Waals surface area contributed by atoms with Crippen molar-refractivity contribution in [1.29, 1.82) is 0 Å². The van der Waals surface area contributed by atoms with Crippen LogP contribution in [0.25, 0.3) is 0 Å². The molecule has 0 aromatic heterocycles. The summed E-state index contributed by atoms with van der Waals surface area (Å²) in [5.74, 6) is -1.21. The zero-order chi connectivity index (χ0) is 28.1. The minimum absolute atomic E-state index is 0.0311. The summed E-state index contributed by atoms with van der Waals surface area (Å²) >= 11 is 4.30. The van der Waals surface area contributed by atoms with Gasteiger partial charge in [0.2, 0.25) is 5.91 Å². The molecule has 2 aromatic rings. The van der Waals surface area contributed by atoms with Crippen LogP contribution in [0, 0.1) is 13.8 Å². The molecule has 8 nitrogen and oxygen atoms in total. The van der Waals surface area contributed by atoms with Gasteiger partial charge >= 0.3 is 6.09 Å². The number of amides is 3. The fourth-order valence-electron chi connectivity index (χ4n) is 3.97. The molecule has 37 heavy (non-hydrogen) atoms. The fourth-order valence-corrected chi connectivity index (χ4v) is 4.22. The Kier molecular flexibility index (Phi) is 9.66. The average Bonchev–Trinajstić information content (AvgIpc) is 2.76. The van der Waals surface area contributed by atoms with Crippen LogP contribution in [0.1, 0.15) is 64.3 Å². The van der Waals surface area contributed by atoms with E-state index in [1.54, 1.807) is 59.7 Å². The Morgan fingerprint density at radius 3 is 2.03 bits per heavy atom. The number of ether oxygens (including phenoxy) is 1. The number of hydrogen-bond donors (Lipinski definition) is 4. The molecular formula is C28H39N3O5S. The molecular weight excluding hydrogens is 490 g/mol. The highest BCUT2D eigenvalue weighted by Crippen LogP contribution is 2.35. The van der Waals surface area contributed by atoms with Crippen molar-refractivity contribution in [3.05, 3.63) is 59.2 Å². The molecule has 0 saturated carbocycles. The first-order valence-corrected chi connectivity index (χ1v) is 12.8. The van der Waals surface area contributed by atoms with Gasteiger partial charge in [-0.1, -0.05) is 36.4 Å². The summed E-state index contributed by atoms with van der Waals surface area (Å²) in [6.07, 6.45) is -0.771. The number of nitrogens with zero attached hydrogens (tertiary/aromatic N) is 1. The number of benzene rings is 2. The van der Waals surface area contributed by atoms with Crippen molar-refractivity contribution >= 4 is 36.2 Å². The van der Waals surface area contributed by atoms with Gasteiger partial charge in [0.1, 0.15) is 23.4 Å². The van der Waals surface area contributed by atoms with E-state index in [0.717, 1.165) is 11.1 Å². The summed E-state index contributed by atoms with van der Waals surface area (Å²) in [4.78, 5) is 41.8. The maximum absolute atomic E-state index is 14.0. The van der Waals surface area contributed by atoms with Crippen molar-refractivity contribution in [1.82, 2.24) is 10.2 Å². The first-order chi connectivity index (χ1) is 17.1. The van der Waals surface area contributed by atoms with E-state index >= 15 is 0 Å². The van der Waals surface area contributed by atoms with Gasteiger partial charge in [-0.3, -0.25) is 9.59 Å². The lowest BCUT2D eigenvalue weighted by molar-refractivity contribution is -0.146. The monoisotopic (exact) mass is 529 g/mol. The summed E-state index contributed by atoms with van der Waals surface area (Å²) in [7, 11) is 0. The van der Waals surface area contributed by atoms with Crippen LogP contribution < -0.4 is 10.6 Å². The van der Waals surface area contributed by atoms with Crippen molar-refractivity contribution in [2.75, 3.05) is 11.1 Å². The Morgan fingerprint density at radius 2 is 1.54 bits per heavy atom. The van der Waals surface area contributed by atoms with E-state index in [2.05, 4.69) is 23.3 Å². The Labute approximate surface area is 225 Å². The third kappa shape index (κ3) is 7.89. The summed E-state index contributed by atoms with van der Waals surface area (Å²) in [5.41, 5.74) is 0.952. The second-order valence-electron chi connectivity index (χ2n) is 11.0. The zero-order valence-electron chi connectivity index (χ0n) is 22.9. The smallest absolute Gasteiger partial charge is 0.408 e. The highest BCUT2D eigenvalue weighted by Gasteiger charge is 2.42. The number of carbonyl (C=O) groups excluding carboxylic acids is 3. The van der Waals surface area contributed by atoms with Gasteiger partial charge in [-0.15, -0.1) is 0 Å². The number of phenolic OH excluding ortho intramolecular Hbond substituents is 1. The molecule has 202 valence electrons. The number of hydrogen-bond acceptors (Lipinski definition) is 6. The molecule has 0 fully saturated rings. The minimum Gasteiger partial charge on any atom is -0.508 e. The van der Waals surface area contributed by atoms with Gasteiger partial charge in [0.15, 0.2) is 0 Å². The number of thiol groups is 1. The van der Waals surface area contributed by atoms with Crippen LogP contribution in [-0.2, 0) is 14.3 Å². The predicted octanol–water partition coefficient (Wildman–Crippen LogP) is 5.14. The fraction of sp³-hybridized carbons (Fsp3) is 0.464. The van der Waals surface area contributed by atoms with Gasteiger partial charge in [0, 0.05) is 22.5 Å². The highest BCUT2D eigenvalue weighted by molar-refractivity contribution is 7.80. The average molecular weight is 530 g/mol. The second-order valence-corrected chi connectivity index (χ2v) is 11.3. The van der Waals surface area contributed by atoms with Crippen LogP contribution in [0.5, 0.6) is 5.75 Å². The number of rotatable bonds is 7. The van der Waals surface area contributed by atoms with Gasteiger partial charge in [-0.25, -0.2) is 4.79 Å². The van der Waals surface area contributed by atoms with Crippen LogP contribution in [0.15, 0.2) is 42.5 Å². The molecule has 0 spiro atoms. The lowest BCUT2D eigenvalue weighted by Crippen LogP contribution is -2.58. The second kappa shape index (κ2) is 11.9. The van der Waals surface area contributed by atoms with E-state index < -0.39 is 41.1 Å². The Bertz CT molecular complexity index is 1120. The van der Waals surface area contributed by atoms with Crippen molar-refractivity contribution in [2.24, 2.45) is 0 Å². The standard InChI is InChI=1S/C28H39N3O5S/c1-17-12-11-13-18(2)22(17)30-24(33)23(19-14-9-10-15-21(19)32)31(27(3,4)5)25(34)20(16-37)29-26(35)36-28(6,7)8/h9-15,20,23,32,37H,16H2,1-8H3,(H,29,35)(H,30,33). The Morgan fingerprint density at radius 1 is 0.973 bits per heavy atom. The predicted molar refractivity (Wildman–Crippen MR) is 149 cm³/mol. The van der Waals surface area contributed by atoms with Crippen molar-refractivity contribution in [3.63, 3.8) is 0 Å². The van der Waals surface area contributed by atoms with Crippen molar-refractivity contribution in [2.45, 2.75) is 78.6 Å². The van der Waals surface area contributed by atoms with Crippen LogP contribution in [0.2, 0.25) is 0 Å². The van der Waals surface area contributed by atoms with Crippen molar-refractivity contribution in [3.8, 4) is 5.75 Å². The van der Waals surface area contributed by atoms with Crippen LogP contribution in [0.3, 0.4) is 0 Å². The molecule has 2 atom stereocenters. The summed E-state index contributed by atoms with van der Waals surface area (Å²) < 4.78 is 5.33. The third-order valence-corrected chi connectivity index (χ3v) is 5.96. The number of anilines is 1. The van der Waals surface area contributed by atoms with Crippen LogP contribution >= 0.6 is 12.6 Å². The molecule has 9 heteroatoms. The van der Waals surface area contributed by atoms with Gasteiger partial charge in [0.05, 0.1) is 0 Å². The highest BCUT2D eigenvalue weighted by atomic mass is 32.1. The number of aryl methyl sites for hydroxylation is 2. The van der Waals surface area contributed by atoms with Crippen molar-refractivity contribution < 1.29 is 24.2 Å². The number of carbonyl (C=O) groups is 3. The quantitative estimate of drug-likeness (QED) is 0.372. The number of para-hydroxylation sites is 2. The van der Waals surface area contributed by atoms with Crippen LogP contribution in [0.4, 0.5) is 10.5 Å². The summed E-state index contributed by atoms with van der Waals surface area (Å²) in [6.45, 7) is 14.3. The van der Waals surface area contributed by atoms with E-state index in [9.17, 15) is 19.5 Å².